The zero-order chi connectivity index (χ0) is 8.43. The third kappa shape index (κ3) is 1.52. The highest BCUT2D eigenvalue weighted by molar-refractivity contribution is 6.33. The molecular formula is C8H7ClO2. The minimum absolute atomic E-state index is 0.0648. The second kappa shape index (κ2) is 2.93. The number of carbonyl (C=O) groups is 1. The summed E-state index contributed by atoms with van der Waals surface area (Å²) in [5.74, 6) is -0.0648. The summed E-state index contributed by atoms with van der Waals surface area (Å²) in [5, 5.41) is 9.45. The minimum atomic E-state index is -0.0648. The maximum Gasteiger partial charge on any atom is 0.155 e. The van der Waals surface area contributed by atoms with Crippen LogP contribution in [0.1, 0.15) is 15.9 Å². The van der Waals surface area contributed by atoms with Crippen LogP contribution in [0.15, 0.2) is 12.1 Å². The molecule has 0 aliphatic carbocycles. The zero-order valence-corrected chi connectivity index (χ0v) is 6.72. The Morgan fingerprint density at radius 3 is 2.64 bits per heavy atom. The summed E-state index contributed by atoms with van der Waals surface area (Å²) in [5.41, 5.74) is 0.982. The van der Waals surface area contributed by atoms with E-state index in [9.17, 15) is 4.79 Å². The maximum atomic E-state index is 10.3. The molecule has 1 N–H and O–H groups in total. The second-order valence-electron chi connectivity index (χ2n) is 2.30. The average Bonchev–Trinajstić information content (AvgIpc) is 1.85. The first-order valence-electron chi connectivity index (χ1n) is 3.09. The van der Waals surface area contributed by atoms with E-state index in [0.717, 1.165) is 5.56 Å². The molecule has 0 aliphatic heterocycles. The molecule has 0 fully saturated rings. The fraction of sp³-hybridized carbons (Fsp3) is 0.125. The van der Waals surface area contributed by atoms with E-state index in [4.69, 9.17) is 16.7 Å². The normalized spacial score (nSPS) is 9.64. The van der Waals surface area contributed by atoms with E-state index in [0.29, 0.717) is 6.29 Å². The van der Waals surface area contributed by atoms with Crippen LogP contribution in [0.4, 0.5) is 0 Å². The average molecular weight is 171 g/mol. The molecular weight excluding hydrogens is 164 g/mol. The van der Waals surface area contributed by atoms with Crippen LogP contribution in [0.25, 0.3) is 0 Å². The quantitative estimate of drug-likeness (QED) is 0.656. The number of rotatable bonds is 1. The summed E-state index contributed by atoms with van der Waals surface area (Å²) < 4.78 is 0. The van der Waals surface area contributed by atoms with Crippen LogP contribution in [-0.2, 0) is 0 Å². The van der Waals surface area contributed by atoms with Crippen molar-refractivity contribution in [3.8, 4) is 5.75 Å². The van der Waals surface area contributed by atoms with Crippen molar-refractivity contribution in [3.63, 3.8) is 0 Å². The molecule has 3 heteroatoms. The number of hydrogen-bond acceptors (Lipinski definition) is 2. The Bertz CT molecular complexity index is 271. The molecule has 0 radical (unpaired) electrons. The summed E-state index contributed by atoms with van der Waals surface area (Å²) in [6, 6.07) is 3.13. The minimum Gasteiger partial charge on any atom is -0.507 e. The number of phenols is 1. The fourth-order valence-corrected chi connectivity index (χ4v) is 1.17. The molecule has 1 aromatic rings. The highest BCUT2D eigenvalue weighted by atomic mass is 35.5. The molecule has 0 saturated carbocycles. The Morgan fingerprint density at radius 1 is 1.55 bits per heavy atom. The Morgan fingerprint density at radius 2 is 2.18 bits per heavy atom. The van der Waals surface area contributed by atoms with Crippen molar-refractivity contribution in [2.24, 2.45) is 0 Å². The van der Waals surface area contributed by atoms with Gasteiger partial charge in [-0.2, -0.15) is 0 Å². The highest BCUT2D eigenvalue weighted by Crippen LogP contribution is 2.25. The van der Waals surface area contributed by atoms with E-state index in [1.54, 1.807) is 13.0 Å². The van der Waals surface area contributed by atoms with Crippen molar-refractivity contribution in [2.45, 2.75) is 6.92 Å². The highest BCUT2D eigenvalue weighted by Gasteiger charge is 2.04. The van der Waals surface area contributed by atoms with Gasteiger partial charge in [-0.05, 0) is 24.6 Å². The number of aryl methyl sites for hydroxylation is 1. The van der Waals surface area contributed by atoms with Gasteiger partial charge in [0, 0.05) is 0 Å². The zero-order valence-electron chi connectivity index (χ0n) is 5.97. The van der Waals surface area contributed by atoms with Crippen molar-refractivity contribution in [1.29, 1.82) is 0 Å². The molecule has 0 spiro atoms. The molecule has 1 aromatic carbocycles. The van der Waals surface area contributed by atoms with Crippen LogP contribution in [0.3, 0.4) is 0 Å². The smallest absolute Gasteiger partial charge is 0.155 e. The number of aldehydes is 1. The van der Waals surface area contributed by atoms with Gasteiger partial charge in [-0.3, -0.25) is 4.79 Å². The molecule has 0 bridgehead atoms. The first-order valence-corrected chi connectivity index (χ1v) is 3.47. The van der Waals surface area contributed by atoms with E-state index in [2.05, 4.69) is 0 Å². The molecule has 0 unspecified atom stereocenters. The number of aromatic hydroxyl groups is 1. The van der Waals surface area contributed by atoms with Gasteiger partial charge in [0.05, 0.1) is 10.6 Å². The number of halogens is 1. The van der Waals surface area contributed by atoms with Gasteiger partial charge >= 0.3 is 0 Å². The van der Waals surface area contributed by atoms with Crippen LogP contribution >= 0.6 is 11.6 Å². The van der Waals surface area contributed by atoms with E-state index in [1.807, 2.05) is 0 Å². The standard InChI is InChI=1S/C8H7ClO2/c1-5-2-7(9)6(4-10)8(11)3-5/h2-4,11H,1H3. The lowest BCUT2D eigenvalue weighted by Gasteiger charge is -2.00. The Kier molecular flexibility index (Phi) is 2.15. The second-order valence-corrected chi connectivity index (χ2v) is 2.70. The van der Waals surface area contributed by atoms with Crippen LogP contribution in [0, 0.1) is 6.92 Å². The first-order chi connectivity index (χ1) is 5.15. The summed E-state index contributed by atoms with van der Waals surface area (Å²) in [6.07, 6.45) is 0.539. The van der Waals surface area contributed by atoms with Crippen molar-refractivity contribution in [1.82, 2.24) is 0 Å². The van der Waals surface area contributed by atoms with E-state index in [1.165, 1.54) is 6.07 Å². The van der Waals surface area contributed by atoms with Crippen LogP contribution in [0.5, 0.6) is 5.75 Å². The molecule has 0 aromatic heterocycles. The van der Waals surface area contributed by atoms with Gasteiger partial charge in [0.25, 0.3) is 0 Å². The number of hydrogen-bond donors (Lipinski definition) is 1. The summed E-state index contributed by atoms with van der Waals surface area (Å²) in [4.78, 5) is 10.3. The third-order valence-corrected chi connectivity index (χ3v) is 1.68. The summed E-state index contributed by atoms with van der Waals surface area (Å²) in [7, 11) is 0. The molecule has 0 heterocycles. The molecule has 58 valence electrons. The van der Waals surface area contributed by atoms with Gasteiger partial charge in [0.1, 0.15) is 5.75 Å². The van der Waals surface area contributed by atoms with E-state index in [-0.39, 0.29) is 16.3 Å². The topological polar surface area (TPSA) is 37.3 Å². The monoisotopic (exact) mass is 170 g/mol. The predicted octanol–water partition coefficient (Wildman–Crippen LogP) is 2.17. The first kappa shape index (κ1) is 8.08. The van der Waals surface area contributed by atoms with Crippen LogP contribution < -0.4 is 0 Å². The number of benzene rings is 1. The lowest BCUT2D eigenvalue weighted by Crippen LogP contribution is -1.84. The molecule has 1 rings (SSSR count). The molecule has 11 heavy (non-hydrogen) atoms. The maximum absolute atomic E-state index is 10.3. The van der Waals surface area contributed by atoms with Gasteiger partial charge in [0.2, 0.25) is 0 Å². The van der Waals surface area contributed by atoms with Crippen LogP contribution in [0.2, 0.25) is 5.02 Å². The van der Waals surface area contributed by atoms with E-state index >= 15 is 0 Å². The number of carbonyl (C=O) groups excluding carboxylic acids is 1. The van der Waals surface area contributed by atoms with Crippen molar-refractivity contribution >= 4 is 17.9 Å². The Balaban J connectivity index is 3.36. The van der Waals surface area contributed by atoms with Gasteiger partial charge in [-0.1, -0.05) is 11.6 Å². The fourth-order valence-electron chi connectivity index (χ4n) is 0.852. The lowest BCUT2D eigenvalue weighted by atomic mass is 10.1. The molecule has 0 atom stereocenters. The van der Waals surface area contributed by atoms with Gasteiger partial charge in [-0.15, -0.1) is 0 Å². The largest absolute Gasteiger partial charge is 0.507 e. The summed E-state index contributed by atoms with van der Waals surface area (Å²) in [6.45, 7) is 1.79. The Labute approximate surface area is 69.4 Å². The third-order valence-electron chi connectivity index (χ3n) is 1.37. The molecule has 0 saturated heterocycles. The van der Waals surface area contributed by atoms with Crippen LogP contribution in [-0.4, -0.2) is 11.4 Å². The molecule has 0 aliphatic rings. The van der Waals surface area contributed by atoms with E-state index < -0.39 is 0 Å². The van der Waals surface area contributed by atoms with Crippen molar-refractivity contribution in [3.05, 3.63) is 28.3 Å². The molecule has 0 amide bonds. The van der Waals surface area contributed by atoms with Gasteiger partial charge < -0.3 is 5.11 Å². The number of phenolic OH excluding ortho intramolecular Hbond substituents is 1. The van der Waals surface area contributed by atoms with Gasteiger partial charge in [-0.25, -0.2) is 0 Å². The lowest BCUT2D eigenvalue weighted by molar-refractivity contribution is 0.112. The Hall–Kier alpha value is -1.02. The SMILES string of the molecule is Cc1cc(O)c(C=O)c(Cl)c1. The molecule has 2 nitrogen and oxygen atoms in total. The van der Waals surface area contributed by atoms with Crippen molar-refractivity contribution < 1.29 is 9.90 Å². The predicted molar refractivity (Wildman–Crippen MR) is 43.2 cm³/mol. The summed E-state index contributed by atoms with van der Waals surface area (Å²) >= 11 is 5.64. The van der Waals surface area contributed by atoms with Gasteiger partial charge in [0.15, 0.2) is 6.29 Å². The van der Waals surface area contributed by atoms with Crippen molar-refractivity contribution in [2.75, 3.05) is 0 Å².